The fourth-order valence-electron chi connectivity index (χ4n) is 5.36. The third-order valence-electron chi connectivity index (χ3n) is 7.77. The Balaban J connectivity index is 1.37. The van der Waals surface area contributed by atoms with Crippen molar-refractivity contribution in [2.75, 3.05) is 13.7 Å². The van der Waals surface area contributed by atoms with Crippen LogP contribution in [0, 0.1) is 12.7 Å². The molecule has 3 aromatic heterocycles. The summed E-state index contributed by atoms with van der Waals surface area (Å²) >= 11 is 0. The fourth-order valence-corrected chi connectivity index (χ4v) is 5.36. The smallest absolute Gasteiger partial charge is 0.335 e. The highest BCUT2D eigenvalue weighted by atomic mass is 19.3. The van der Waals surface area contributed by atoms with E-state index in [0.717, 1.165) is 11.1 Å². The maximum Gasteiger partial charge on any atom is 0.335 e. The number of carboxylic acids is 1. The van der Waals surface area contributed by atoms with E-state index in [1.54, 1.807) is 43.5 Å². The lowest BCUT2D eigenvalue weighted by atomic mass is 9.96. The minimum Gasteiger partial charge on any atom is -0.478 e. The maximum absolute atomic E-state index is 14.4. The summed E-state index contributed by atoms with van der Waals surface area (Å²) in [7, 11) is 1.58. The molecule has 1 N–H and O–H groups in total. The summed E-state index contributed by atoms with van der Waals surface area (Å²) < 4.78 is 55.0. The van der Waals surface area contributed by atoms with E-state index in [1.807, 2.05) is 35.8 Å². The van der Waals surface area contributed by atoms with Gasteiger partial charge >= 0.3 is 12.5 Å². The molecule has 9 nitrogen and oxygen atoms in total. The average Bonchev–Trinajstić information content (AvgIpc) is 3.69. The standard InChI is InChI=1S/C35H30F3N5O4/c1-21-6-7-25(28(36)14-21)20-47-33-5-3-4-29(41-33)23-9-8-22(27(15-23)26-18-39-43(19-26)35(37)38)17-32-40-30-11-10-24(34(44)45)16-31(30)42(32)12-13-46-2/h3-11,14-16,18-19,35H,12-13,17,20H2,1-2H3,(H,44,45). The average molecular weight is 642 g/mol. The van der Waals surface area contributed by atoms with Crippen molar-refractivity contribution in [2.24, 2.45) is 0 Å². The molecule has 3 heterocycles. The molecular formula is C35H30F3N5O4. The van der Waals surface area contributed by atoms with E-state index in [-0.39, 0.29) is 18.0 Å². The van der Waals surface area contributed by atoms with Gasteiger partial charge in [0.05, 0.1) is 35.1 Å². The first-order valence-corrected chi connectivity index (χ1v) is 14.7. The molecule has 0 aliphatic heterocycles. The molecule has 0 fully saturated rings. The highest BCUT2D eigenvalue weighted by molar-refractivity contribution is 5.92. The van der Waals surface area contributed by atoms with Gasteiger partial charge in [0.1, 0.15) is 18.2 Å². The number of hydrogen-bond acceptors (Lipinski definition) is 6. The lowest BCUT2D eigenvalue weighted by molar-refractivity contribution is 0.0566. The number of pyridine rings is 1. The Hall–Kier alpha value is -5.49. The number of aromatic nitrogens is 5. The van der Waals surface area contributed by atoms with Gasteiger partial charge in [-0.2, -0.15) is 13.9 Å². The van der Waals surface area contributed by atoms with Crippen molar-refractivity contribution in [3.63, 3.8) is 0 Å². The largest absolute Gasteiger partial charge is 0.478 e. The molecule has 6 aromatic rings. The third-order valence-corrected chi connectivity index (χ3v) is 7.77. The summed E-state index contributed by atoms with van der Waals surface area (Å²) in [6.07, 6.45) is 2.96. The lowest BCUT2D eigenvalue weighted by Crippen LogP contribution is -2.09. The number of nitrogens with zero attached hydrogens (tertiary/aromatic N) is 5. The maximum atomic E-state index is 14.4. The van der Waals surface area contributed by atoms with E-state index in [0.29, 0.717) is 74.9 Å². The molecule has 0 saturated carbocycles. The number of halogens is 3. The number of benzene rings is 3. The van der Waals surface area contributed by atoms with Crippen LogP contribution < -0.4 is 4.74 Å². The lowest BCUT2D eigenvalue weighted by Gasteiger charge is -2.14. The van der Waals surface area contributed by atoms with E-state index >= 15 is 0 Å². The topological polar surface area (TPSA) is 104 Å². The molecule has 0 spiro atoms. The van der Waals surface area contributed by atoms with Gasteiger partial charge in [0.25, 0.3) is 0 Å². The second-order valence-electron chi connectivity index (χ2n) is 11.0. The van der Waals surface area contributed by atoms with Gasteiger partial charge in [0.2, 0.25) is 5.88 Å². The van der Waals surface area contributed by atoms with Gasteiger partial charge in [-0.3, -0.25) is 0 Å². The summed E-state index contributed by atoms with van der Waals surface area (Å²) in [6.45, 7) is -0.219. The van der Waals surface area contributed by atoms with Crippen LogP contribution in [0.3, 0.4) is 0 Å². The van der Waals surface area contributed by atoms with E-state index in [9.17, 15) is 23.1 Å². The van der Waals surface area contributed by atoms with Crippen molar-refractivity contribution in [3.8, 4) is 28.3 Å². The predicted molar refractivity (Wildman–Crippen MR) is 169 cm³/mol. The Bertz CT molecular complexity index is 2070. The molecule has 3 aromatic carbocycles. The van der Waals surface area contributed by atoms with Crippen LogP contribution in [0.2, 0.25) is 0 Å². The minimum atomic E-state index is -2.81. The summed E-state index contributed by atoms with van der Waals surface area (Å²) in [6, 6.07) is 20.5. The van der Waals surface area contributed by atoms with Crippen molar-refractivity contribution < 1.29 is 32.5 Å². The van der Waals surface area contributed by atoms with Crippen LogP contribution in [0.25, 0.3) is 33.4 Å². The number of ether oxygens (including phenoxy) is 2. The Labute approximate surface area is 267 Å². The van der Waals surface area contributed by atoms with Crippen LogP contribution in [0.5, 0.6) is 5.88 Å². The van der Waals surface area contributed by atoms with Gasteiger partial charge in [-0.25, -0.2) is 23.8 Å². The van der Waals surface area contributed by atoms with Gasteiger partial charge in [0.15, 0.2) is 0 Å². The summed E-state index contributed by atoms with van der Waals surface area (Å²) in [5.41, 5.74) is 5.76. The molecule has 0 saturated heterocycles. The Morgan fingerprint density at radius 3 is 2.55 bits per heavy atom. The summed E-state index contributed by atoms with van der Waals surface area (Å²) in [4.78, 5) is 21.1. The number of carboxylic acid groups (broad SMARTS) is 1. The van der Waals surface area contributed by atoms with Crippen molar-refractivity contribution in [1.82, 2.24) is 24.3 Å². The van der Waals surface area contributed by atoms with Gasteiger partial charge in [-0.15, -0.1) is 0 Å². The van der Waals surface area contributed by atoms with E-state index in [1.165, 1.54) is 24.5 Å². The quantitative estimate of drug-likeness (QED) is 0.149. The van der Waals surface area contributed by atoms with E-state index in [4.69, 9.17) is 14.5 Å². The van der Waals surface area contributed by atoms with Crippen LogP contribution in [0.15, 0.2) is 85.2 Å². The Kier molecular flexibility index (Phi) is 9.03. The number of hydrogen-bond donors (Lipinski definition) is 1. The van der Waals surface area contributed by atoms with Crippen LogP contribution >= 0.6 is 0 Å². The van der Waals surface area contributed by atoms with Crippen LogP contribution in [-0.2, 0) is 24.3 Å². The molecule has 0 unspecified atom stereocenters. The summed E-state index contributed by atoms with van der Waals surface area (Å²) in [5.74, 6) is -0.464. The van der Waals surface area contributed by atoms with Gasteiger partial charge in [-0.1, -0.05) is 30.3 Å². The number of rotatable bonds is 12. The Morgan fingerprint density at radius 2 is 1.81 bits per heavy atom. The monoisotopic (exact) mass is 641 g/mol. The first-order chi connectivity index (χ1) is 22.7. The first kappa shape index (κ1) is 31.5. The number of carbonyl (C=O) groups is 1. The van der Waals surface area contributed by atoms with Gasteiger partial charge < -0.3 is 19.1 Å². The van der Waals surface area contributed by atoms with Crippen molar-refractivity contribution >= 4 is 17.0 Å². The molecule has 0 radical (unpaired) electrons. The summed E-state index contributed by atoms with van der Waals surface area (Å²) in [5, 5.41) is 13.4. The molecule has 6 rings (SSSR count). The highest BCUT2D eigenvalue weighted by Crippen LogP contribution is 2.32. The Morgan fingerprint density at radius 1 is 0.979 bits per heavy atom. The molecule has 240 valence electrons. The molecule has 0 aliphatic rings. The molecule has 47 heavy (non-hydrogen) atoms. The van der Waals surface area contributed by atoms with Gasteiger partial charge in [-0.05, 0) is 60.0 Å². The zero-order chi connectivity index (χ0) is 33.1. The van der Waals surface area contributed by atoms with Crippen LogP contribution in [-0.4, -0.2) is 49.1 Å². The zero-order valence-electron chi connectivity index (χ0n) is 25.5. The number of alkyl halides is 2. The second kappa shape index (κ2) is 13.5. The van der Waals surface area contributed by atoms with Crippen LogP contribution in [0.4, 0.5) is 13.2 Å². The molecule has 0 atom stereocenters. The van der Waals surface area contributed by atoms with Gasteiger partial charge in [0, 0.05) is 49.0 Å². The normalized spacial score (nSPS) is 11.4. The SMILES string of the molecule is COCCn1c(Cc2ccc(-c3cccc(OCc4ccc(C)cc4F)n3)cc2-c2cnn(C(F)F)c2)nc2ccc(C(=O)O)cc21. The number of imidazole rings is 1. The van der Waals surface area contributed by atoms with Crippen LogP contribution in [0.1, 0.15) is 39.4 Å². The molecule has 12 heteroatoms. The molecule has 0 bridgehead atoms. The van der Waals surface area contributed by atoms with E-state index < -0.39 is 12.5 Å². The zero-order valence-corrected chi connectivity index (χ0v) is 25.5. The number of aromatic carboxylic acids is 1. The van der Waals surface area contributed by atoms with E-state index in [2.05, 4.69) is 10.1 Å². The van der Waals surface area contributed by atoms with Crippen molar-refractivity contribution in [1.29, 1.82) is 0 Å². The van der Waals surface area contributed by atoms with Crippen molar-refractivity contribution in [3.05, 3.63) is 119 Å². The predicted octanol–water partition coefficient (Wildman–Crippen LogP) is 7.32. The third kappa shape index (κ3) is 6.87. The number of methoxy groups -OCH3 is 1. The first-order valence-electron chi connectivity index (χ1n) is 14.7. The fraction of sp³-hybridized carbons (Fsp3) is 0.200. The molecule has 0 aliphatic carbocycles. The number of aryl methyl sites for hydroxylation is 1. The van der Waals surface area contributed by atoms with Crippen molar-refractivity contribution in [2.45, 2.75) is 33.0 Å². The highest BCUT2D eigenvalue weighted by Gasteiger charge is 2.18. The number of fused-ring (bicyclic) bond motifs is 1. The minimum absolute atomic E-state index is 0.00238. The molecular weight excluding hydrogens is 611 g/mol. The second-order valence-corrected chi connectivity index (χ2v) is 11.0. The molecule has 0 amide bonds.